The van der Waals surface area contributed by atoms with Gasteiger partial charge in [0.05, 0.1) is 30.5 Å². The zero-order valence-electron chi connectivity index (χ0n) is 22.2. The lowest BCUT2D eigenvalue weighted by molar-refractivity contribution is -0.143. The number of fused-ring (bicyclic) bond motifs is 1. The third-order valence-electron chi connectivity index (χ3n) is 6.67. The molecule has 0 bridgehead atoms. The Labute approximate surface area is 217 Å². The van der Waals surface area contributed by atoms with Crippen molar-refractivity contribution in [3.63, 3.8) is 0 Å². The van der Waals surface area contributed by atoms with E-state index in [2.05, 4.69) is 12.2 Å². The molecule has 2 aromatic carbocycles. The minimum absolute atomic E-state index is 0.0894. The second-order valence-corrected chi connectivity index (χ2v) is 9.37. The van der Waals surface area contributed by atoms with Crippen LogP contribution in [0.4, 0.5) is 0 Å². The van der Waals surface area contributed by atoms with Gasteiger partial charge in [-0.2, -0.15) is 5.10 Å². The zero-order chi connectivity index (χ0) is 26.5. The number of ether oxygens (including phenoxy) is 1. The summed E-state index contributed by atoms with van der Waals surface area (Å²) in [5, 5.41) is 8.82. The molecular weight excluding hydrogens is 464 g/mol. The molecule has 0 aliphatic carbocycles. The van der Waals surface area contributed by atoms with Gasteiger partial charge in [-0.05, 0) is 69.9 Å². The van der Waals surface area contributed by atoms with E-state index in [4.69, 9.17) is 14.8 Å². The number of pyridine rings is 1. The minimum atomic E-state index is -0.443. The Hall–Kier alpha value is -4.00. The Bertz CT molecular complexity index is 1410. The first kappa shape index (κ1) is 26.1. The highest BCUT2D eigenvalue weighted by Gasteiger charge is 2.21. The smallest absolute Gasteiger partial charge is 0.308 e. The molecule has 1 N–H and O–H groups in total. The van der Waals surface area contributed by atoms with Crippen molar-refractivity contribution < 1.29 is 14.3 Å². The van der Waals surface area contributed by atoms with Crippen LogP contribution in [0, 0.1) is 27.7 Å². The van der Waals surface area contributed by atoms with Crippen molar-refractivity contribution in [3.8, 4) is 5.69 Å². The highest BCUT2D eigenvalue weighted by molar-refractivity contribution is 5.85. The van der Waals surface area contributed by atoms with E-state index in [1.807, 2.05) is 80.1 Å². The number of amides is 1. The second kappa shape index (κ2) is 11.4. The molecule has 4 aromatic rings. The van der Waals surface area contributed by atoms with Gasteiger partial charge in [-0.3, -0.25) is 9.59 Å². The van der Waals surface area contributed by atoms with Crippen LogP contribution < -0.4 is 5.32 Å². The molecule has 4 rings (SSSR count). The van der Waals surface area contributed by atoms with Crippen LogP contribution in [0.1, 0.15) is 59.4 Å². The molecule has 0 saturated heterocycles. The van der Waals surface area contributed by atoms with Gasteiger partial charge in [0, 0.05) is 17.5 Å². The van der Waals surface area contributed by atoms with Crippen LogP contribution in [0.15, 0.2) is 54.6 Å². The SMILES string of the molecule is CCOC(=O)C[C@@H](NC(=O)CCc1c(C)nc2c(c(C)nn2-c2ccccc2)c1C)c1ccc(C)cc1. The molecule has 1 atom stereocenters. The first-order valence-electron chi connectivity index (χ1n) is 12.7. The average molecular weight is 499 g/mol. The van der Waals surface area contributed by atoms with Crippen LogP contribution in [0.3, 0.4) is 0 Å². The van der Waals surface area contributed by atoms with Crippen molar-refractivity contribution in [1.29, 1.82) is 0 Å². The summed E-state index contributed by atoms with van der Waals surface area (Å²) in [6, 6.07) is 17.4. The molecule has 7 heteroatoms. The van der Waals surface area contributed by atoms with Crippen LogP contribution in [0.5, 0.6) is 0 Å². The molecule has 0 spiro atoms. The summed E-state index contributed by atoms with van der Waals surface area (Å²) in [4.78, 5) is 30.2. The third-order valence-corrected chi connectivity index (χ3v) is 6.67. The Balaban J connectivity index is 1.54. The molecular formula is C30H34N4O3. The molecule has 2 aromatic heterocycles. The van der Waals surface area contributed by atoms with Crippen LogP contribution in [-0.2, 0) is 20.7 Å². The quantitative estimate of drug-likeness (QED) is 0.312. The number of aryl methyl sites for hydroxylation is 4. The van der Waals surface area contributed by atoms with Crippen molar-refractivity contribution in [3.05, 3.63) is 88.2 Å². The molecule has 0 aliphatic heterocycles. The number of nitrogens with one attached hydrogen (secondary N) is 1. The van der Waals surface area contributed by atoms with Crippen molar-refractivity contribution in [2.24, 2.45) is 0 Å². The van der Waals surface area contributed by atoms with Crippen molar-refractivity contribution in [1.82, 2.24) is 20.1 Å². The third kappa shape index (κ3) is 5.88. The number of rotatable bonds is 9. The number of hydrogen-bond donors (Lipinski definition) is 1. The minimum Gasteiger partial charge on any atom is -0.466 e. The lowest BCUT2D eigenvalue weighted by Gasteiger charge is -2.19. The van der Waals surface area contributed by atoms with E-state index in [9.17, 15) is 9.59 Å². The summed E-state index contributed by atoms with van der Waals surface area (Å²) >= 11 is 0. The second-order valence-electron chi connectivity index (χ2n) is 9.37. The number of aromatic nitrogens is 3. The summed E-state index contributed by atoms with van der Waals surface area (Å²) in [6.45, 7) is 10.1. The largest absolute Gasteiger partial charge is 0.466 e. The normalized spacial score (nSPS) is 11.9. The monoisotopic (exact) mass is 498 g/mol. The van der Waals surface area contributed by atoms with Crippen LogP contribution >= 0.6 is 0 Å². The lowest BCUT2D eigenvalue weighted by Crippen LogP contribution is -2.31. The average Bonchev–Trinajstić information content (AvgIpc) is 3.20. The van der Waals surface area contributed by atoms with Crippen LogP contribution in [0.25, 0.3) is 16.7 Å². The molecule has 0 unspecified atom stereocenters. The maximum Gasteiger partial charge on any atom is 0.308 e. The highest BCUT2D eigenvalue weighted by atomic mass is 16.5. The molecule has 0 aliphatic rings. The molecule has 0 saturated carbocycles. The zero-order valence-corrected chi connectivity index (χ0v) is 22.2. The van der Waals surface area contributed by atoms with E-state index in [1.54, 1.807) is 6.92 Å². The Morgan fingerprint density at radius 1 is 0.973 bits per heavy atom. The molecule has 2 heterocycles. The first-order valence-corrected chi connectivity index (χ1v) is 12.7. The number of nitrogens with zero attached hydrogens (tertiary/aromatic N) is 3. The maximum atomic E-state index is 13.0. The fourth-order valence-corrected chi connectivity index (χ4v) is 4.77. The van der Waals surface area contributed by atoms with Crippen molar-refractivity contribution >= 4 is 22.9 Å². The number of para-hydroxylation sites is 1. The van der Waals surface area contributed by atoms with Gasteiger partial charge in [-0.15, -0.1) is 0 Å². The van der Waals surface area contributed by atoms with Gasteiger partial charge in [0.15, 0.2) is 5.65 Å². The van der Waals surface area contributed by atoms with E-state index in [1.165, 1.54) is 0 Å². The lowest BCUT2D eigenvalue weighted by atomic mass is 9.98. The van der Waals surface area contributed by atoms with Gasteiger partial charge in [-0.25, -0.2) is 9.67 Å². The molecule has 0 radical (unpaired) electrons. The Morgan fingerprint density at radius 3 is 2.35 bits per heavy atom. The topological polar surface area (TPSA) is 86.1 Å². The van der Waals surface area contributed by atoms with Gasteiger partial charge >= 0.3 is 5.97 Å². The fourth-order valence-electron chi connectivity index (χ4n) is 4.77. The molecule has 7 nitrogen and oxygen atoms in total. The van der Waals surface area contributed by atoms with Gasteiger partial charge in [-0.1, -0.05) is 48.0 Å². The maximum absolute atomic E-state index is 13.0. The summed E-state index contributed by atoms with van der Waals surface area (Å²) in [6.07, 6.45) is 0.917. The summed E-state index contributed by atoms with van der Waals surface area (Å²) in [5.74, 6) is -0.453. The van der Waals surface area contributed by atoms with E-state index in [0.717, 1.165) is 50.4 Å². The van der Waals surface area contributed by atoms with Crippen molar-refractivity contribution in [2.75, 3.05) is 6.61 Å². The number of esters is 1. The van der Waals surface area contributed by atoms with E-state index in [0.29, 0.717) is 13.0 Å². The highest BCUT2D eigenvalue weighted by Crippen LogP contribution is 2.28. The molecule has 1 amide bonds. The fraction of sp³-hybridized carbons (Fsp3) is 0.333. The van der Waals surface area contributed by atoms with Crippen molar-refractivity contribution in [2.45, 2.75) is 59.9 Å². The van der Waals surface area contributed by atoms with Gasteiger partial charge < -0.3 is 10.1 Å². The number of carbonyl (C=O) groups excluding carboxylic acids is 2. The summed E-state index contributed by atoms with van der Waals surface area (Å²) in [7, 11) is 0. The summed E-state index contributed by atoms with van der Waals surface area (Å²) in [5.41, 5.74) is 7.71. The van der Waals surface area contributed by atoms with Gasteiger partial charge in [0.2, 0.25) is 5.91 Å². The summed E-state index contributed by atoms with van der Waals surface area (Å²) < 4.78 is 7.02. The van der Waals surface area contributed by atoms with Crippen LogP contribution in [-0.4, -0.2) is 33.2 Å². The Morgan fingerprint density at radius 2 is 1.68 bits per heavy atom. The number of hydrogen-bond acceptors (Lipinski definition) is 5. The van der Waals surface area contributed by atoms with Gasteiger partial charge in [0.25, 0.3) is 0 Å². The molecule has 192 valence electrons. The van der Waals surface area contributed by atoms with Gasteiger partial charge in [0.1, 0.15) is 0 Å². The van der Waals surface area contributed by atoms with Crippen LogP contribution in [0.2, 0.25) is 0 Å². The standard InChI is InChI=1S/C30H34N4O3/c1-6-37-28(36)18-26(23-14-12-19(2)13-15-23)32-27(35)17-16-25-20(3)29-22(5)33-34(30(29)31-21(25)4)24-10-8-7-9-11-24/h7-15,26H,6,16-18H2,1-5H3,(H,32,35)/t26-/m1/s1. The number of carbonyl (C=O) groups is 2. The Kier molecular flexibility index (Phi) is 8.01. The first-order chi connectivity index (χ1) is 17.8. The predicted octanol–water partition coefficient (Wildman–Crippen LogP) is 5.40. The molecule has 37 heavy (non-hydrogen) atoms. The predicted molar refractivity (Wildman–Crippen MR) is 145 cm³/mol. The number of benzene rings is 2. The van der Waals surface area contributed by atoms with E-state index in [-0.39, 0.29) is 24.7 Å². The van der Waals surface area contributed by atoms with E-state index < -0.39 is 6.04 Å². The molecule has 0 fully saturated rings. The van der Waals surface area contributed by atoms with E-state index >= 15 is 0 Å².